The fourth-order valence-corrected chi connectivity index (χ4v) is 5.16. The first kappa shape index (κ1) is 20.4. The largest absolute Gasteiger partial charge is 0.495 e. The molecule has 1 unspecified atom stereocenters. The Morgan fingerprint density at radius 1 is 1.13 bits per heavy atom. The molecule has 30 heavy (non-hydrogen) atoms. The quantitative estimate of drug-likeness (QED) is 0.715. The second-order valence-electron chi connectivity index (χ2n) is 7.59. The van der Waals surface area contributed by atoms with Gasteiger partial charge in [0.1, 0.15) is 16.7 Å². The van der Waals surface area contributed by atoms with E-state index in [-0.39, 0.29) is 28.8 Å². The number of amides is 2. The van der Waals surface area contributed by atoms with E-state index in [0.29, 0.717) is 6.42 Å². The molecule has 0 radical (unpaired) electrons. The highest BCUT2D eigenvalue weighted by Gasteiger charge is 2.35. The van der Waals surface area contributed by atoms with Crippen LogP contribution < -0.4 is 15.2 Å². The highest BCUT2D eigenvalue weighted by molar-refractivity contribution is 7.89. The number of nitrogens with zero attached hydrogens (tertiary/aromatic N) is 1. The Labute approximate surface area is 175 Å². The molecule has 1 aliphatic carbocycles. The molecule has 8 nitrogen and oxygen atoms in total. The molecule has 0 saturated heterocycles. The van der Waals surface area contributed by atoms with Crippen LogP contribution in [0.2, 0.25) is 0 Å². The number of nitrogens with two attached hydrogens (primary N) is 1. The summed E-state index contributed by atoms with van der Waals surface area (Å²) < 4.78 is 33.3. The van der Waals surface area contributed by atoms with Crippen LogP contribution in [0.3, 0.4) is 0 Å². The summed E-state index contributed by atoms with van der Waals surface area (Å²) in [5.74, 6) is -0.913. The number of hydrogen-bond donors (Lipinski definition) is 2. The topological polar surface area (TPSA) is 119 Å². The van der Waals surface area contributed by atoms with Crippen LogP contribution >= 0.6 is 0 Å². The number of fused-ring (bicyclic) bond motifs is 1. The third kappa shape index (κ3) is 3.90. The molecule has 2 amide bonds. The number of primary amides is 1. The molecule has 1 saturated carbocycles. The van der Waals surface area contributed by atoms with Crippen molar-refractivity contribution in [3.8, 4) is 5.75 Å². The van der Waals surface area contributed by atoms with Gasteiger partial charge in [0.05, 0.1) is 7.11 Å². The molecule has 1 atom stereocenters. The van der Waals surface area contributed by atoms with E-state index < -0.39 is 27.9 Å². The van der Waals surface area contributed by atoms with Gasteiger partial charge in [0, 0.05) is 24.6 Å². The normalized spacial score (nSPS) is 18.6. The lowest BCUT2D eigenvalue weighted by Gasteiger charge is -2.35. The Morgan fingerprint density at radius 2 is 1.83 bits per heavy atom. The predicted molar refractivity (Wildman–Crippen MR) is 109 cm³/mol. The monoisotopic (exact) mass is 429 g/mol. The van der Waals surface area contributed by atoms with Gasteiger partial charge in [-0.3, -0.25) is 9.59 Å². The third-order valence-electron chi connectivity index (χ3n) is 5.44. The Kier molecular flexibility index (Phi) is 5.25. The Bertz CT molecular complexity index is 1110. The zero-order chi connectivity index (χ0) is 21.5. The van der Waals surface area contributed by atoms with Crippen molar-refractivity contribution in [2.24, 2.45) is 5.73 Å². The van der Waals surface area contributed by atoms with Crippen molar-refractivity contribution >= 4 is 21.8 Å². The van der Waals surface area contributed by atoms with Crippen molar-refractivity contribution in [3.63, 3.8) is 0 Å². The maximum absolute atomic E-state index is 13.3. The summed E-state index contributed by atoms with van der Waals surface area (Å²) in [6.07, 6.45) is 1.89. The van der Waals surface area contributed by atoms with Crippen molar-refractivity contribution < 1.29 is 22.7 Å². The molecule has 0 spiro atoms. The fraction of sp³-hybridized carbons (Fsp3) is 0.333. The maximum atomic E-state index is 13.3. The molecule has 158 valence electrons. The Hall–Kier alpha value is -2.91. The Morgan fingerprint density at radius 3 is 2.47 bits per heavy atom. The number of hydrogen-bond acceptors (Lipinski definition) is 5. The molecular formula is C21H23N3O5S. The highest BCUT2D eigenvalue weighted by atomic mass is 32.2. The molecule has 0 bridgehead atoms. The van der Waals surface area contributed by atoms with Crippen molar-refractivity contribution in [3.05, 3.63) is 59.2 Å². The van der Waals surface area contributed by atoms with Gasteiger partial charge in [0.15, 0.2) is 0 Å². The summed E-state index contributed by atoms with van der Waals surface area (Å²) in [5, 5.41) is 0. The summed E-state index contributed by atoms with van der Waals surface area (Å²) in [6.45, 7) is 0.219. The lowest BCUT2D eigenvalue weighted by atomic mass is 9.93. The first-order valence-electron chi connectivity index (χ1n) is 9.67. The van der Waals surface area contributed by atoms with Crippen LogP contribution in [-0.4, -0.2) is 44.3 Å². The average Bonchev–Trinajstić information content (AvgIpc) is 3.55. The summed E-state index contributed by atoms with van der Waals surface area (Å²) in [6, 6.07) is 10.9. The zero-order valence-electron chi connectivity index (χ0n) is 16.5. The molecule has 1 aliphatic heterocycles. The summed E-state index contributed by atoms with van der Waals surface area (Å²) in [5.41, 5.74) is 7.63. The molecule has 2 aromatic rings. The summed E-state index contributed by atoms with van der Waals surface area (Å²) in [4.78, 5) is 26.7. The van der Waals surface area contributed by atoms with Gasteiger partial charge >= 0.3 is 0 Å². The number of nitrogens with one attached hydrogen (secondary N) is 1. The van der Waals surface area contributed by atoms with Gasteiger partial charge in [0.25, 0.3) is 5.91 Å². The SMILES string of the molecule is COc1ccc(C(=O)N2Cc3ccccc3CC2C(N)=O)cc1S(=O)(=O)NC1CC1. The van der Waals surface area contributed by atoms with Crippen molar-refractivity contribution in [2.45, 2.75) is 42.8 Å². The molecule has 3 N–H and O–H groups in total. The van der Waals surface area contributed by atoms with Crippen LogP contribution in [0, 0.1) is 0 Å². The lowest BCUT2D eigenvalue weighted by Crippen LogP contribution is -2.51. The average molecular weight is 429 g/mol. The fourth-order valence-electron chi connectivity index (χ4n) is 3.66. The second-order valence-corrected chi connectivity index (χ2v) is 9.27. The van der Waals surface area contributed by atoms with Gasteiger partial charge in [-0.25, -0.2) is 13.1 Å². The molecule has 0 aromatic heterocycles. The molecule has 2 aromatic carbocycles. The number of carbonyl (C=O) groups is 2. The third-order valence-corrected chi connectivity index (χ3v) is 6.98. The number of ether oxygens (including phenoxy) is 1. The van der Waals surface area contributed by atoms with Crippen LogP contribution in [0.1, 0.15) is 34.3 Å². The first-order chi connectivity index (χ1) is 14.3. The number of methoxy groups -OCH3 is 1. The van der Waals surface area contributed by atoms with E-state index in [1.54, 1.807) is 0 Å². The smallest absolute Gasteiger partial charge is 0.254 e. The van der Waals surface area contributed by atoms with E-state index in [2.05, 4.69) is 4.72 Å². The number of sulfonamides is 1. The van der Waals surface area contributed by atoms with E-state index in [9.17, 15) is 18.0 Å². The minimum atomic E-state index is -3.84. The van der Waals surface area contributed by atoms with Gasteiger partial charge in [-0.1, -0.05) is 24.3 Å². The van der Waals surface area contributed by atoms with Crippen molar-refractivity contribution in [2.75, 3.05) is 7.11 Å². The predicted octanol–water partition coefficient (Wildman–Crippen LogP) is 1.19. The van der Waals surface area contributed by atoms with Gasteiger partial charge in [-0.2, -0.15) is 0 Å². The molecule has 1 fully saturated rings. The van der Waals surface area contributed by atoms with Crippen LogP contribution in [0.5, 0.6) is 5.75 Å². The highest BCUT2D eigenvalue weighted by Crippen LogP contribution is 2.30. The number of rotatable bonds is 6. The van der Waals surface area contributed by atoms with E-state index >= 15 is 0 Å². The van der Waals surface area contributed by atoms with Crippen LogP contribution in [0.15, 0.2) is 47.4 Å². The molecular weight excluding hydrogens is 406 g/mol. The molecule has 9 heteroatoms. The van der Waals surface area contributed by atoms with Crippen LogP contribution in [0.4, 0.5) is 0 Å². The summed E-state index contributed by atoms with van der Waals surface area (Å²) >= 11 is 0. The first-order valence-corrected chi connectivity index (χ1v) is 11.2. The van der Waals surface area contributed by atoms with Crippen LogP contribution in [0.25, 0.3) is 0 Å². The Balaban J connectivity index is 1.70. The zero-order valence-corrected chi connectivity index (χ0v) is 17.3. The summed E-state index contributed by atoms with van der Waals surface area (Å²) in [7, 11) is -2.47. The van der Waals surface area contributed by atoms with Gasteiger partial charge in [-0.05, 0) is 42.2 Å². The number of benzene rings is 2. The number of carbonyl (C=O) groups excluding carboxylic acids is 2. The van der Waals surface area contributed by atoms with Crippen molar-refractivity contribution in [1.82, 2.24) is 9.62 Å². The van der Waals surface area contributed by atoms with E-state index in [0.717, 1.165) is 24.0 Å². The van der Waals surface area contributed by atoms with Gasteiger partial charge < -0.3 is 15.4 Å². The van der Waals surface area contributed by atoms with Gasteiger partial charge in [-0.15, -0.1) is 0 Å². The van der Waals surface area contributed by atoms with E-state index in [1.165, 1.54) is 30.2 Å². The second kappa shape index (κ2) is 7.73. The van der Waals surface area contributed by atoms with Crippen molar-refractivity contribution in [1.29, 1.82) is 0 Å². The molecule has 4 rings (SSSR count). The molecule has 2 aliphatic rings. The minimum absolute atomic E-state index is 0.0862. The van der Waals surface area contributed by atoms with E-state index in [1.807, 2.05) is 24.3 Å². The van der Waals surface area contributed by atoms with Crippen LogP contribution in [-0.2, 0) is 27.8 Å². The lowest BCUT2D eigenvalue weighted by molar-refractivity contribution is -0.122. The maximum Gasteiger partial charge on any atom is 0.254 e. The minimum Gasteiger partial charge on any atom is -0.495 e. The van der Waals surface area contributed by atoms with E-state index in [4.69, 9.17) is 10.5 Å². The standard InChI is InChI=1S/C21H23N3O5S/c1-29-18-9-6-14(11-19(18)30(27,28)23-16-7-8-16)21(26)24-12-15-5-3-2-4-13(15)10-17(24)20(22)25/h2-6,9,11,16-17,23H,7-8,10,12H2,1H3,(H2,22,25). The molecule has 1 heterocycles. The van der Waals surface area contributed by atoms with Gasteiger partial charge in [0.2, 0.25) is 15.9 Å².